The van der Waals surface area contributed by atoms with Gasteiger partial charge in [0, 0.05) is 33.4 Å². The Bertz CT molecular complexity index is 1150. The highest BCUT2D eigenvalue weighted by Crippen LogP contribution is 2.58. The largest absolute Gasteiger partial charge is 0.507 e. The fraction of sp³-hybridized carbons (Fsp3) is 0.318. The molecule has 2 aromatic rings. The van der Waals surface area contributed by atoms with Gasteiger partial charge in [-0.3, -0.25) is 14.4 Å². The van der Waals surface area contributed by atoms with Gasteiger partial charge in [0.05, 0.1) is 0 Å². The lowest BCUT2D eigenvalue weighted by molar-refractivity contribution is -0.132. The van der Waals surface area contributed by atoms with Crippen LogP contribution in [0.5, 0.6) is 11.5 Å². The third kappa shape index (κ3) is 2.17. The van der Waals surface area contributed by atoms with E-state index in [1.807, 2.05) is 0 Å². The first-order valence-electron chi connectivity index (χ1n) is 9.32. The van der Waals surface area contributed by atoms with Crippen molar-refractivity contribution in [3.63, 3.8) is 0 Å². The summed E-state index contributed by atoms with van der Waals surface area (Å²) in [6, 6.07) is 5.82. The number of fused-ring (bicyclic) bond motifs is 6. The van der Waals surface area contributed by atoms with E-state index in [0.29, 0.717) is 5.56 Å². The summed E-state index contributed by atoms with van der Waals surface area (Å²) in [6.07, 6.45) is -2.24. The maximum Gasteiger partial charge on any atom is 0.197 e. The molecular formula is C22H18O7. The van der Waals surface area contributed by atoms with Crippen LogP contribution in [0.3, 0.4) is 0 Å². The molecule has 0 radical (unpaired) electrons. The molecule has 148 valence electrons. The number of ketones is 3. The number of ether oxygens (including phenoxy) is 2. The number of hydrogen-bond donors (Lipinski definition) is 2. The number of carbonyl (C=O) groups is 3. The lowest BCUT2D eigenvalue weighted by atomic mass is 9.78. The van der Waals surface area contributed by atoms with E-state index >= 15 is 0 Å². The van der Waals surface area contributed by atoms with Gasteiger partial charge in [-0.05, 0) is 32.9 Å². The smallest absolute Gasteiger partial charge is 0.197 e. The van der Waals surface area contributed by atoms with Gasteiger partial charge in [-0.1, -0.05) is 12.1 Å². The minimum atomic E-state index is -1.12. The highest BCUT2D eigenvalue weighted by atomic mass is 16.6. The first-order valence-corrected chi connectivity index (χ1v) is 9.32. The highest BCUT2D eigenvalue weighted by molar-refractivity contribution is 6.26. The van der Waals surface area contributed by atoms with E-state index in [1.54, 1.807) is 26.0 Å². The van der Waals surface area contributed by atoms with Gasteiger partial charge in [-0.15, -0.1) is 0 Å². The van der Waals surface area contributed by atoms with Crippen molar-refractivity contribution < 1.29 is 34.1 Å². The third-order valence-corrected chi connectivity index (χ3v) is 6.15. The van der Waals surface area contributed by atoms with Gasteiger partial charge in [0.1, 0.15) is 29.8 Å². The molecule has 7 heteroatoms. The summed E-state index contributed by atoms with van der Waals surface area (Å²) in [5.41, 5.74) is 0.0654. The van der Waals surface area contributed by atoms with E-state index in [9.17, 15) is 24.6 Å². The predicted molar refractivity (Wildman–Crippen MR) is 100 cm³/mol. The number of aromatic hydroxyl groups is 2. The average molecular weight is 394 g/mol. The first kappa shape index (κ1) is 18.0. The van der Waals surface area contributed by atoms with Crippen molar-refractivity contribution >= 4 is 17.3 Å². The molecule has 2 aliphatic carbocycles. The Morgan fingerprint density at radius 2 is 1.86 bits per heavy atom. The normalized spacial score (nSPS) is 27.0. The van der Waals surface area contributed by atoms with E-state index in [-0.39, 0.29) is 50.9 Å². The number of phenols is 2. The van der Waals surface area contributed by atoms with Crippen LogP contribution in [0.1, 0.15) is 58.7 Å². The second-order valence-electron chi connectivity index (χ2n) is 7.92. The molecule has 0 spiro atoms. The molecule has 1 fully saturated rings. The summed E-state index contributed by atoms with van der Waals surface area (Å²) in [4.78, 5) is 38.1. The summed E-state index contributed by atoms with van der Waals surface area (Å²) >= 11 is 0. The molecule has 7 nitrogen and oxygen atoms in total. The molecular weight excluding hydrogens is 376 g/mol. The van der Waals surface area contributed by atoms with Gasteiger partial charge in [-0.2, -0.15) is 0 Å². The van der Waals surface area contributed by atoms with E-state index in [4.69, 9.17) is 9.47 Å². The Morgan fingerprint density at radius 3 is 2.55 bits per heavy atom. The standard InChI is InChI=1S/C22H18O7/c1-8(23)9(2)28-19-15-11(20(27)22(3)21(19)29-22)7-13(25)16-14-10(18(26)17(15)16)5-4-6-12(14)24/h4-7,9,19,21,24-25H,1-3H3. The second-order valence-corrected chi connectivity index (χ2v) is 7.92. The molecule has 1 saturated heterocycles. The van der Waals surface area contributed by atoms with Crippen LogP contribution in [-0.2, 0) is 14.3 Å². The molecule has 2 N–H and O–H groups in total. The molecule has 5 rings (SSSR count). The zero-order valence-corrected chi connectivity index (χ0v) is 16.0. The number of Topliss-reactive ketones (excluding diaryl/α,β-unsaturated/α-hetero) is 2. The topological polar surface area (TPSA) is 113 Å². The molecule has 29 heavy (non-hydrogen) atoms. The molecule has 0 aromatic heterocycles. The van der Waals surface area contributed by atoms with Crippen molar-refractivity contribution in [1.29, 1.82) is 0 Å². The molecule has 0 bridgehead atoms. The minimum absolute atomic E-state index is 0.114. The number of carbonyl (C=O) groups excluding carboxylic acids is 3. The van der Waals surface area contributed by atoms with Crippen LogP contribution < -0.4 is 0 Å². The number of epoxide rings is 1. The van der Waals surface area contributed by atoms with Crippen LogP contribution >= 0.6 is 0 Å². The fourth-order valence-electron chi connectivity index (χ4n) is 4.42. The second kappa shape index (κ2) is 5.52. The quantitative estimate of drug-likeness (QED) is 0.657. The van der Waals surface area contributed by atoms with E-state index < -0.39 is 29.7 Å². The Hall–Kier alpha value is -3.03. The van der Waals surface area contributed by atoms with Gasteiger partial charge >= 0.3 is 0 Å². The molecule has 4 unspecified atom stereocenters. The fourth-order valence-corrected chi connectivity index (χ4v) is 4.42. The highest BCUT2D eigenvalue weighted by Gasteiger charge is 2.67. The number of benzene rings is 2. The van der Waals surface area contributed by atoms with E-state index in [1.165, 1.54) is 19.1 Å². The third-order valence-electron chi connectivity index (χ3n) is 6.15. The number of rotatable bonds is 3. The maximum absolute atomic E-state index is 13.2. The lowest BCUT2D eigenvalue weighted by Gasteiger charge is -2.29. The molecule has 0 saturated carbocycles. The Kier molecular flexibility index (Phi) is 3.43. The van der Waals surface area contributed by atoms with Crippen LogP contribution in [-0.4, -0.2) is 45.4 Å². The number of phenolic OH excluding ortho intramolecular Hbond substituents is 2. The molecule has 3 aliphatic rings. The van der Waals surface area contributed by atoms with Crippen molar-refractivity contribution in [3.8, 4) is 22.6 Å². The van der Waals surface area contributed by atoms with Crippen molar-refractivity contribution in [3.05, 3.63) is 46.5 Å². The van der Waals surface area contributed by atoms with E-state index in [0.717, 1.165) is 0 Å². The van der Waals surface area contributed by atoms with E-state index in [2.05, 4.69) is 0 Å². The molecule has 2 aromatic carbocycles. The van der Waals surface area contributed by atoms with Crippen LogP contribution in [0.4, 0.5) is 0 Å². The van der Waals surface area contributed by atoms with Crippen molar-refractivity contribution in [2.45, 2.75) is 44.7 Å². The molecule has 0 amide bonds. The summed E-state index contributed by atoms with van der Waals surface area (Å²) in [7, 11) is 0. The van der Waals surface area contributed by atoms with Gasteiger partial charge in [0.25, 0.3) is 0 Å². The van der Waals surface area contributed by atoms with Gasteiger partial charge in [0.15, 0.2) is 23.0 Å². The number of hydrogen-bond acceptors (Lipinski definition) is 7. The van der Waals surface area contributed by atoms with Crippen molar-refractivity contribution in [2.75, 3.05) is 0 Å². The van der Waals surface area contributed by atoms with Crippen LogP contribution in [0.15, 0.2) is 24.3 Å². The van der Waals surface area contributed by atoms with Crippen LogP contribution in [0.2, 0.25) is 0 Å². The first-order chi connectivity index (χ1) is 13.7. The molecule has 1 heterocycles. The minimum Gasteiger partial charge on any atom is -0.507 e. The summed E-state index contributed by atoms with van der Waals surface area (Å²) in [5, 5.41) is 21.0. The van der Waals surface area contributed by atoms with Crippen molar-refractivity contribution in [2.24, 2.45) is 0 Å². The Morgan fingerprint density at radius 1 is 1.14 bits per heavy atom. The SMILES string of the molecule is CC(=O)C(C)OC1c2c(cc(O)c3c2C(=O)c2cccc(O)c2-3)C(=O)C2(C)OC12. The summed E-state index contributed by atoms with van der Waals surface area (Å²) in [5.74, 6) is -1.39. The maximum atomic E-state index is 13.2. The lowest BCUT2D eigenvalue weighted by Crippen LogP contribution is -2.37. The molecule has 1 aliphatic heterocycles. The zero-order chi connectivity index (χ0) is 20.8. The van der Waals surface area contributed by atoms with Crippen molar-refractivity contribution in [1.82, 2.24) is 0 Å². The monoisotopic (exact) mass is 394 g/mol. The summed E-state index contributed by atoms with van der Waals surface area (Å²) in [6.45, 7) is 4.62. The van der Waals surface area contributed by atoms with Crippen LogP contribution in [0, 0.1) is 0 Å². The van der Waals surface area contributed by atoms with Crippen LogP contribution in [0.25, 0.3) is 11.1 Å². The Labute approximate surface area is 165 Å². The predicted octanol–water partition coefficient (Wildman–Crippen LogP) is 2.70. The Balaban J connectivity index is 1.80. The molecule has 4 atom stereocenters. The van der Waals surface area contributed by atoms with Gasteiger partial charge in [-0.25, -0.2) is 0 Å². The average Bonchev–Trinajstić information content (AvgIpc) is 3.28. The zero-order valence-electron chi connectivity index (χ0n) is 16.0. The van der Waals surface area contributed by atoms with Gasteiger partial charge < -0.3 is 19.7 Å². The summed E-state index contributed by atoms with van der Waals surface area (Å²) < 4.78 is 11.6. The van der Waals surface area contributed by atoms with Gasteiger partial charge in [0.2, 0.25) is 0 Å².